The predicted octanol–water partition coefficient (Wildman–Crippen LogP) is 1.78. The van der Waals surface area contributed by atoms with Gasteiger partial charge in [-0.15, -0.1) is 0 Å². The predicted molar refractivity (Wildman–Crippen MR) is 72.9 cm³/mol. The van der Waals surface area contributed by atoms with Crippen LogP contribution in [-0.4, -0.2) is 29.4 Å². The van der Waals surface area contributed by atoms with Gasteiger partial charge in [-0.25, -0.2) is 0 Å². The Morgan fingerprint density at radius 2 is 2.32 bits per heavy atom. The smallest absolute Gasteiger partial charge is 0.246 e. The molecule has 5 heteroatoms. The molecule has 0 aromatic carbocycles. The Balaban J connectivity index is 2.21. The minimum atomic E-state index is -0.0659. The van der Waals surface area contributed by atoms with Gasteiger partial charge in [-0.3, -0.25) is 9.48 Å². The number of carbonyl (C=O) groups excluding carboxylic acids is 1. The van der Waals surface area contributed by atoms with E-state index in [9.17, 15) is 4.79 Å². The molecule has 1 amide bonds. The molecular formula is C14H23N3O2. The fourth-order valence-electron chi connectivity index (χ4n) is 2.65. The number of fused-ring (bicyclic) bond motifs is 1. The van der Waals surface area contributed by atoms with Gasteiger partial charge in [-0.05, 0) is 40.0 Å². The van der Waals surface area contributed by atoms with Crippen molar-refractivity contribution in [3.63, 3.8) is 0 Å². The van der Waals surface area contributed by atoms with Gasteiger partial charge in [0.1, 0.15) is 6.61 Å². The molecule has 0 spiro atoms. The SMILES string of the molecule is COCC(=O)N[C@H]1CCCc2c1cnn2C(C)(C)C. The number of rotatable bonds is 3. The summed E-state index contributed by atoms with van der Waals surface area (Å²) in [6.07, 6.45) is 4.98. The van der Waals surface area contributed by atoms with Crippen molar-refractivity contribution in [3.8, 4) is 0 Å². The van der Waals surface area contributed by atoms with Crippen LogP contribution in [0.5, 0.6) is 0 Å². The number of hydrogen-bond acceptors (Lipinski definition) is 3. The zero-order valence-electron chi connectivity index (χ0n) is 12.2. The van der Waals surface area contributed by atoms with Gasteiger partial charge in [0.2, 0.25) is 5.91 Å². The van der Waals surface area contributed by atoms with Gasteiger partial charge in [-0.1, -0.05) is 0 Å². The number of amides is 1. The molecular weight excluding hydrogens is 242 g/mol. The fourth-order valence-corrected chi connectivity index (χ4v) is 2.65. The van der Waals surface area contributed by atoms with Crippen molar-refractivity contribution in [2.24, 2.45) is 0 Å². The van der Waals surface area contributed by atoms with Crippen molar-refractivity contribution in [2.45, 2.75) is 51.6 Å². The van der Waals surface area contributed by atoms with Crippen molar-refractivity contribution >= 4 is 5.91 Å². The number of aromatic nitrogens is 2. The van der Waals surface area contributed by atoms with E-state index in [1.165, 1.54) is 12.8 Å². The van der Waals surface area contributed by atoms with Gasteiger partial charge in [-0.2, -0.15) is 5.10 Å². The van der Waals surface area contributed by atoms with E-state index in [1.807, 2.05) is 6.20 Å². The Hall–Kier alpha value is -1.36. The second kappa shape index (κ2) is 5.33. The molecule has 0 fully saturated rings. The number of carbonyl (C=O) groups is 1. The summed E-state index contributed by atoms with van der Waals surface area (Å²) in [4.78, 5) is 11.7. The van der Waals surface area contributed by atoms with Crippen LogP contribution >= 0.6 is 0 Å². The normalized spacial score (nSPS) is 19.1. The molecule has 1 aliphatic rings. The summed E-state index contributed by atoms with van der Waals surface area (Å²) in [5.74, 6) is -0.0659. The van der Waals surface area contributed by atoms with Crippen LogP contribution in [0.2, 0.25) is 0 Å². The first-order valence-corrected chi connectivity index (χ1v) is 6.79. The first-order valence-electron chi connectivity index (χ1n) is 6.79. The van der Waals surface area contributed by atoms with Gasteiger partial charge < -0.3 is 10.1 Å². The van der Waals surface area contributed by atoms with Crippen molar-refractivity contribution in [3.05, 3.63) is 17.5 Å². The lowest BCUT2D eigenvalue weighted by atomic mass is 9.92. The third-order valence-electron chi connectivity index (χ3n) is 3.43. The van der Waals surface area contributed by atoms with Crippen molar-refractivity contribution < 1.29 is 9.53 Å². The molecule has 1 atom stereocenters. The van der Waals surface area contributed by atoms with E-state index in [1.54, 1.807) is 0 Å². The number of methoxy groups -OCH3 is 1. The van der Waals surface area contributed by atoms with E-state index in [2.05, 4.69) is 35.9 Å². The second-order valence-electron chi connectivity index (χ2n) is 6.07. The van der Waals surface area contributed by atoms with Crippen molar-refractivity contribution in [1.82, 2.24) is 15.1 Å². The zero-order chi connectivity index (χ0) is 14.0. The average molecular weight is 265 g/mol. The summed E-state index contributed by atoms with van der Waals surface area (Å²) in [6, 6.07) is 0.0718. The quantitative estimate of drug-likeness (QED) is 0.906. The first kappa shape index (κ1) is 14.1. The van der Waals surface area contributed by atoms with E-state index in [0.29, 0.717) is 0 Å². The largest absolute Gasteiger partial charge is 0.375 e. The van der Waals surface area contributed by atoms with Crippen LogP contribution < -0.4 is 5.32 Å². The summed E-state index contributed by atoms with van der Waals surface area (Å²) >= 11 is 0. The molecule has 1 aliphatic carbocycles. The van der Waals surface area contributed by atoms with E-state index >= 15 is 0 Å². The average Bonchev–Trinajstić information content (AvgIpc) is 2.73. The minimum absolute atomic E-state index is 0.0218. The van der Waals surface area contributed by atoms with Crippen molar-refractivity contribution in [1.29, 1.82) is 0 Å². The number of nitrogens with one attached hydrogen (secondary N) is 1. The van der Waals surface area contributed by atoms with Gasteiger partial charge in [0.25, 0.3) is 0 Å². The molecule has 0 radical (unpaired) electrons. The molecule has 106 valence electrons. The Morgan fingerprint density at radius 1 is 1.58 bits per heavy atom. The maximum atomic E-state index is 11.7. The Bertz CT molecular complexity index is 460. The lowest BCUT2D eigenvalue weighted by molar-refractivity contribution is -0.125. The third kappa shape index (κ3) is 2.97. The van der Waals surface area contributed by atoms with E-state index < -0.39 is 0 Å². The Morgan fingerprint density at radius 3 is 2.95 bits per heavy atom. The lowest BCUT2D eigenvalue weighted by Gasteiger charge is -2.28. The minimum Gasteiger partial charge on any atom is -0.375 e. The fraction of sp³-hybridized carbons (Fsp3) is 0.714. The molecule has 0 saturated carbocycles. The number of ether oxygens (including phenoxy) is 1. The molecule has 0 aliphatic heterocycles. The zero-order valence-corrected chi connectivity index (χ0v) is 12.2. The van der Waals surface area contributed by atoms with Gasteiger partial charge in [0, 0.05) is 18.4 Å². The summed E-state index contributed by atoms with van der Waals surface area (Å²) in [7, 11) is 1.53. The first-order chi connectivity index (χ1) is 8.93. The van der Waals surface area contributed by atoms with Gasteiger partial charge >= 0.3 is 0 Å². The van der Waals surface area contributed by atoms with Crippen LogP contribution in [-0.2, 0) is 21.5 Å². The molecule has 1 aromatic rings. The molecule has 2 rings (SSSR count). The van der Waals surface area contributed by atoms with Crippen LogP contribution in [0.1, 0.15) is 50.9 Å². The monoisotopic (exact) mass is 265 g/mol. The summed E-state index contributed by atoms with van der Waals surface area (Å²) in [5, 5.41) is 7.53. The van der Waals surface area contributed by atoms with Crippen LogP contribution in [0, 0.1) is 0 Å². The summed E-state index contributed by atoms with van der Waals surface area (Å²) in [5.41, 5.74) is 2.39. The molecule has 19 heavy (non-hydrogen) atoms. The maximum absolute atomic E-state index is 11.7. The molecule has 0 bridgehead atoms. The highest BCUT2D eigenvalue weighted by Crippen LogP contribution is 2.32. The maximum Gasteiger partial charge on any atom is 0.246 e. The molecule has 1 aromatic heterocycles. The Labute approximate surface area is 114 Å². The highest BCUT2D eigenvalue weighted by atomic mass is 16.5. The molecule has 1 N–H and O–H groups in total. The Kier molecular flexibility index (Phi) is 3.94. The standard InChI is InChI=1S/C14H23N3O2/c1-14(2,3)17-12-7-5-6-11(10(12)8-15-17)16-13(18)9-19-4/h8,11H,5-7,9H2,1-4H3,(H,16,18)/t11-/m0/s1. The third-order valence-corrected chi connectivity index (χ3v) is 3.43. The molecule has 5 nitrogen and oxygen atoms in total. The highest BCUT2D eigenvalue weighted by Gasteiger charge is 2.28. The number of nitrogens with zero attached hydrogens (tertiary/aromatic N) is 2. The van der Waals surface area contributed by atoms with Gasteiger partial charge in [0.05, 0.1) is 17.8 Å². The van der Waals surface area contributed by atoms with E-state index in [4.69, 9.17) is 4.74 Å². The van der Waals surface area contributed by atoms with Crippen molar-refractivity contribution in [2.75, 3.05) is 13.7 Å². The lowest BCUT2D eigenvalue weighted by Crippen LogP contribution is -2.34. The summed E-state index contributed by atoms with van der Waals surface area (Å²) < 4.78 is 6.94. The molecule has 0 saturated heterocycles. The van der Waals surface area contributed by atoms with Gasteiger partial charge in [0.15, 0.2) is 0 Å². The van der Waals surface area contributed by atoms with Crippen LogP contribution in [0.15, 0.2) is 6.20 Å². The van der Waals surface area contributed by atoms with Crippen LogP contribution in [0.4, 0.5) is 0 Å². The number of hydrogen-bond donors (Lipinski definition) is 1. The second-order valence-corrected chi connectivity index (χ2v) is 6.07. The van der Waals surface area contributed by atoms with E-state index in [0.717, 1.165) is 24.8 Å². The summed E-state index contributed by atoms with van der Waals surface area (Å²) in [6.45, 7) is 6.55. The molecule has 1 heterocycles. The topological polar surface area (TPSA) is 56.1 Å². The van der Waals surface area contributed by atoms with Crippen LogP contribution in [0.25, 0.3) is 0 Å². The van der Waals surface area contributed by atoms with E-state index in [-0.39, 0.29) is 24.1 Å². The highest BCUT2D eigenvalue weighted by molar-refractivity contribution is 5.77. The van der Waals surface area contributed by atoms with Crippen LogP contribution in [0.3, 0.4) is 0 Å². The molecule has 0 unspecified atom stereocenters.